The molecule has 0 amide bonds. The molecular formula is C10H8Cl2O3. The van der Waals surface area contributed by atoms with Gasteiger partial charge in [-0.2, -0.15) is 0 Å². The lowest BCUT2D eigenvalue weighted by molar-refractivity contribution is -0.132. The minimum atomic E-state index is -1.26. The first-order valence-electron chi connectivity index (χ1n) is 4.12. The number of ether oxygens (including phenoxy) is 1. The Labute approximate surface area is 96.9 Å². The van der Waals surface area contributed by atoms with E-state index in [9.17, 15) is 9.59 Å². The fraction of sp³-hybridized carbons (Fsp3) is 0.200. The van der Waals surface area contributed by atoms with Crippen LogP contribution in [0.25, 0.3) is 0 Å². The van der Waals surface area contributed by atoms with Crippen molar-refractivity contribution in [2.75, 3.05) is 0 Å². The summed E-state index contributed by atoms with van der Waals surface area (Å²) in [6, 6.07) is 6.38. The molecular weight excluding hydrogens is 239 g/mol. The molecule has 80 valence electrons. The zero-order valence-corrected chi connectivity index (χ0v) is 9.38. The number of rotatable bonds is 3. The third-order valence-corrected chi connectivity index (χ3v) is 2.01. The highest BCUT2D eigenvalue weighted by Crippen LogP contribution is 2.20. The number of halogens is 2. The highest BCUT2D eigenvalue weighted by Gasteiger charge is 2.17. The van der Waals surface area contributed by atoms with Crippen molar-refractivity contribution in [1.82, 2.24) is 0 Å². The van der Waals surface area contributed by atoms with Crippen LogP contribution in [0.15, 0.2) is 24.3 Å². The zero-order chi connectivity index (χ0) is 11.4. The minimum Gasteiger partial charge on any atom is -0.424 e. The lowest BCUT2D eigenvalue weighted by atomic mass is 10.1. The van der Waals surface area contributed by atoms with Crippen LogP contribution in [0, 0.1) is 0 Å². The van der Waals surface area contributed by atoms with Crippen LogP contribution in [0.1, 0.15) is 17.3 Å². The number of benzene rings is 1. The van der Waals surface area contributed by atoms with Gasteiger partial charge in [-0.05, 0) is 19.1 Å². The van der Waals surface area contributed by atoms with Crippen LogP contribution < -0.4 is 4.74 Å². The van der Waals surface area contributed by atoms with Gasteiger partial charge in [-0.25, -0.2) is 4.79 Å². The summed E-state index contributed by atoms with van der Waals surface area (Å²) >= 11 is 10.6. The summed E-state index contributed by atoms with van der Waals surface area (Å²) in [5.41, 5.74) is 0.319. The highest BCUT2D eigenvalue weighted by molar-refractivity contribution is 6.53. The summed E-state index contributed by atoms with van der Waals surface area (Å²) in [4.78, 5) is 21.0. The van der Waals surface area contributed by atoms with Gasteiger partial charge in [0.2, 0.25) is 4.84 Å². The first-order valence-corrected chi connectivity index (χ1v) is 4.99. The number of esters is 1. The Bertz CT molecular complexity index is 388. The summed E-state index contributed by atoms with van der Waals surface area (Å²) in [6.45, 7) is 1.38. The number of alkyl halides is 2. The fourth-order valence-electron chi connectivity index (χ4n) is 0.999. The quantitative estimate of drug-likeness (QED) is 0.357. The molecule has 0 aliphatic rings. The molecule has 0 atom stereocenters. The third-order valence-electron chi connectivity index (χ3n) is 1.66. The van der Waals surface area contributed by atoms with E-state index < -0.39 is 10.8 Å². The van der Waals surface area contributed by atoms with E-state index in [1.165, 1.54) is 13.0 Å². The lowest BCUT2D eigenvalue weighted by Crippen LogP contribution is -2.16. The van der Waals surface area contributed by atoms with Gasteiger partial charge in [-0.1, -0.05) is 35.3 Å². The van der Waals surface area contributed by atoms with Crippen LogP contribution in [0.3, 0.4) is 0 Å². The molecule has 0 saturated heterocycles. The van der Waals surface area contributed by atoms with Crippen molar-refractivity contribution < 1.29 is 14.3 Å². The molecule has 0 unspecified atom stereocenters. The number of carbonyl (C=O) groups excluding carboxylic acids is 2. The van der Waals surface area contributed by atoms with Crippen molar-refractivity contribution in [2.24, 2.45) is 0 Å². The van der Waals surface area contributed by atoms with Crippen molar-refractivity contribution in [3.63, 3.8) is 0 Å². The lowest BCUT2D eigenvalue weighted by Gasteiger charge is -2.07. The van der Waals surface area contributed by atoms with Gasteiger partial charge in [0.05, 0.1) is 5.56 Å². The molecule has 0 heterocycles. The van der Waals surface area contributed by atoms with E-state index in [1.807, 2.05) is 0 Å². The van der Waals surface area contributed by atoms with Crippen LogP contribution in [-0.4, -0.2) is 16.6 Å². The zero-order valence-electron chi connectivity index (χ0n) is 7.87. The normalized spacial score (nSPS) is 10.1. The smallest absolute Gasteiger partial charge is 0.344 e. The number of para-hydroxylation sites is 1. The average molecular weight is 247 g/mol. The Balaban J connectivity index is 2.94. The van der Waals surface area contributed by atoms with E-state index >= 15 is 0 Å². The second-order valence-electron chi connectivity index (χ2n) is 2.77. The van der Waals surface area contributed by atoms with E-state index in [-0.39, 0.29) is 11.5 Å². The van der Waals surface area contributed by atoms with Gasteiger partial charge in [0, 0.05) is 0 Å². The molecule has 15 heavy (non-hydrogen) atoms. The van der Waals surface area contributed by atoms with E-state index in [2.05, 4.69) is 0 Å². The van der Waals surface area contributed by atoms with Gasteiger partial charge >= 0.3 is 5.97 Å². The van der Waals surface area contributed by atoms with Crippen LogP contribution in [0.5, 0.6) is 5.75 Å². The van der Waals surface area contributed by atoms with Crippen molar-refractivity contribution in [3.05, 3.63) is 29.8 Å². The molecule has 3 nitrogen and oxygen atoms in total. The standard InChI is InChI=1S/C10H8Cl2O3/c1-6(13)7-4-2-3-5-8(7)15-10(14)9(11)12/h2-5,9H,1H3. The topological polar surface area (TPSA) is 43.4 Å². The Morgan fingerprint density at radius 3 is 2.40 bits per heavy atom. The second-order valence-corrected chi connectivity index (χ2v) is 3.87. The Kier molecular flexibility index (Phi) is 4.12. The first-order chi connectivity index (χ1) is 7.02. The van der Waals surface area contributed by atoms with Crippen molar-refractivity contribution in [1.29, 1.82) is 0 Å². The molecule has 1 rings (SSSR count). The molecule has 0 fully saturated rings. The van der Waals surface area contributed by atoms with Crippen LogP contribution in [0.4, 0.5) is 0 Å². The van der Waals surface area contributed by atoms with Crippen molar-refractivity contribution >= 4 is 35.0 Å². The third kappa shape index (κ3) is 3.22. The number of carbonyl (C=O) groups is 2. The molecule has 0 radical (unpaired) electrons. The molecule has 0 bridgehead atoms. The van der Waals surface area contributed by atoms with Gasteiger partial charge in [0.25, 0.3) is 0 Å². The maximum atomic E-state index is 11.2. The summed E-state index contributed by atoms with van der Waals surface area (Å²) in [5.74, 6) is -0.826. The van der Waals surface area contributed by atoms with Crippen molar-refractivity contribution in [3.8, 4) is 5.75 Å². The maximum absolute atomic E-state index is 11.2. The SMILES string of the molecule is CC(=O)c1ccccc1OC(=O)C(Cl)Cl. The summed E-state index contributed by atoms with van der Waals surface area (Å²) in [6.07, 6.45) is 0. The Hall–Kier alpha value is -1.06. The number of hydrogen-bond donors (Lipinski definition) is 0. The second kappa shape index (κ2) is 5.14. The minimum absolute atomic E-state index is 0.168. The van der Waals surface area contributed by atoms with Crippen LogP contribution in [0.2, 0.25) is 0 Å². The molecule has 0 aliphatic carbocycles. The van der Waals surface area contributed by atoms with E-state index in [1.54, 1.807) is 18.2 Å². The summed E-state index contributed by atoms with van der Waals surface area (Å²) < 4.78 is 4.84. The number of ketones is 1. The van der Waals surface area contributed by atoms with E-state index in [0.29, 0.717) is 5.56 Å². The average Bonchev–Trinajstić information content (AvgIpc) is 2.18. The Morgan fingerprint density at radius 2 is 1.87 bits per heavy atom. The molecule has 1 aromatic carbocycles. The van der Waals surface area contributed by atoms with Gasteiger partial charge < -0.3 is 4.74 Å². The van der Waals surface area contributed by atoms with Crippen LogP contribution >= 0.6 is 23.2 Å². The predicted octanol–water partition coefficient (Wildman–Crippen LogP) is 2.60. The fourth-order valence-corrected chi connectivity index (χ4v) is 1.09. The summed E-state index contributed by atoms with van der Waals surface area (Å²) in [5, 5.41) is 0. The summed E-state index contributed by atoms with van der Waals surface area (Å²) in [7, 11) is 0. The van der Waals surface area contributed by atoms with Gasteiger partial charge in [-0.15, -0.1) is 0 Å². The Morgan fingerprint density at radius 1 is 1.27 bits per heavy atom. The highest BCUT2D eigenvalue weighted by atomic mass is 35.5. The molecule has 1 aromatic rings. The molecule has 0 aliphatic heterocycles. The van der Waals surface area contributed by atoms with E-state index in [0.717, 1.165) is 0 Å². The van der Waals surface area contributed by atoms with Crippen molar-refractivity contribution in [2.45, 2.75) is 11.8 Å². The van der Waals surface area contributed by atoms with E-state index in [4.69, 9.17) is 27.9 Å². The monoisotopic (exact) mass is 246 g/mol. The predicted molar refractivity (Wildman–Crippen MR) is 57.6 cm³/mol. The number of hydrogen-bond acceptors (Lipinski definition) is 3. The molecule has 0 spiro atoms. The van der Waals surface area contributed by atoms with Gasteiger partial charge in [-0.3, -0.25) is 4.79 Å². The van der Waals surface area contributed by atoms with Gasteiger partial charge in [0.15, 0.2) is 5.78 Å². The molecule has 5 heteroatoms. The van der Waals surface area contributed by atoms with Gasteiger partial charge in [0.1, 0.15) is 5.75 Å². The molecule has 0 aromatic heterocycles. The molecule has 0 saturated carbocycles. The molecule has 0 N–H and O–H groups in total. The first kappa shape index (κ1) is 12.0. The number of Topliss-reactive ketones (excluding diaryl/α,β-unsaturated/α-hetero) is 1. The van der Waals surface area contributed by atoms with Crippen LogP contribution in [-0.2, 0) is 4.79 Å². The largest absolute Gasteiger partial charge is 0.424 e. The maximum Gasteiger partial charge on any atom is 0.344 e.